The summed E-state index contributed by atoms with van der Waals surface area (Å²) in [6, 6.07) is 17.0. The molecule has 3 unspecified atom stereocenters. The van der Waals surface area contributed by atoms with Gasteiger partial charge in [0.05, 0.1) is 22.8 Å². The maximum atomic E-state index is 13.6. The highest BCUT2D eigenvalue weighted by Gasteiger charge is 2.58. The highest BCUT2D eigenvalue weighted by molar-refractivity contribution is 8.14. The summed E-state index contributed by atoms with van der Waals surface area (Å²) in [5.41, 5.74) is 1.35. The van der Waals surface area contributed by atoms with Gasteiger partial charge in [0, 0.05) is 24.2 Å². The number of carbonyl (C=O) groups excluding carboxylic acids is 2. The molecule has 5 N–H and O–H groups in total. The van der Waals surface area contributed by atoms with Crippen LogP contribution in [0.25, 0.3) is 0 Å². The van der Waals surface area contributed by atoms with Gasteiger partial charge < -0.3 is 15.2 Å². The minimum atomic E-state index is -4.25. The summed E-state index contributed by atoms with van der Waals surface area (Å²) in [6.45, 7) is 3.25. The van der Waals surface area contributed by atoms with Gasteiger partial charge in [-0.3, -0.25) is 4.79 Å². The van der Waals surface area contributed by atoms with E-state index >= 15 is 0 Å². The van der Waals surface area contributed by atoms with Crippen molar-refractivity contribution in [2.45, 2.75) is 54.8 Å². The molecule has 3 aromatic rings. The average Bonchev–Trinajstić information content (AvgIpc) is 3.35. The molecule has 2 aliphatic rings. The van der Waals surface area contributed by atoms with Crippen LogP contribution in [-0.2, 0) is 31.3 Å². The maximum absolute atomic E-state index is 13.6. The Morgan fingerprint density at radius 3 is 2.42 bits per heavy atom. The van der Waals surface area contributed by atoms with Gasteiger partial charge >= 0.3 is 12.0 Å². The maximum Gasteiger partial charge on any atom is 0.521 e. The van der Waals surface area contributed by atoms with E-state index in [1.165, 1.54) is 6.07 Å². The van der Waals surface area contributed by atoms with Crippen LogP contribution in [0.4, 0.5) is 10.5 Å². The van der Waals surface area contributed by atoms with E-state index in [4.69, 9.17) is 21.5 Å². The van der Waals surface area contributed by atoms with Crippen molar-refractivity contribution in [2.24, 2.45) is 11.1 Å². The molecule has 2 aliphatic heterocycles. The Bertz CT molecular complexity index is 1960. The lowest BCUT2D eigenvalue weighted by molar-refractivity contribution is -0.795. The van der Waals surface area contributed by atoms with Crippen LogP contribution in [0.2, 0.25) is 5.02 Å². The van der Waals surface area contributed by atoms with Crippen LogP contribution in [0.15, 0.2) is 76.5 Å². The Labute approximate surface area is 287 Å². The molecule has 0 bridgehead atoms. The lowest BCUT2D eigenvalue weighted by atomic mass is 10.1. The molecule has 48 heavy (non-hydrogen) atoms. The summed E-state index contributed by atoms with van der Waals surface area (Å²) in [7, 11) is -8.35. The van der Waals surface area contributed by atoms with Gasteiger partial charge in [0.1, 0.15) is 28.1 Å². The first kappa shape index (κ1) is 35.8. The standard InChI is InChI=1S/C31H33ClN4O9S3/c1-18(17-46-30(38)21-6-4-3-5-7-21)29(37)36(31(39)40)16-23(12-19(36)2)45-22-10-8-20(9-11-22)13-28-34-25-14-24(32)26(47(33,41)42)15-27(25)48(43,44)35-28/h3-11,14-15,18-19,23,28,34-35H,12-13,16-17H2,1-2H3,(H2-,33,39,40,41,42)/p+1/t18-,19?,23?,28?,36+/m1/s1. The normalized spacial score (nSPS) is 23.8. The van der Waals surface area contributed by atoms with Crippen molar-refractivity contribution < 1.29 is 45.5 Å². The molecule has 0 aromatic heterocycles. The van der Waals surface area contributed by atoms with Crippen molar-refractivity contribution in [2.75, 3.05) is 17.6 Å². The van der Waals surface area contributed by atoms with Crippen LogP contribution < -0.4 is 19.9 Å². The number of hydrogen-bond acceptors (Lipinski definition) is 10. The third kappa shape index (κ3) is 7.39. The number of primary sulfonamides is 1. The Kier molecular flexibility index (Phi) is 10.3. The predicted octanol–water partition coefficient (Wildman–Crippen LogP) is 4.03. The molecular formula is C31H34ClN4O9S3+. The third-order valence-corrected chi connectivity index (χ3v) is 12.5. The number of likely N-dealkylation sites (tertiary alicyclic amines) is 1. The van der Waals surface area contributed by atoms with Crippen molar-refractivity contribution in [1.29, 1.82) is 0 Å². The number of quaternary nitrogens is 1. The highest BCUT2D eigenvalue weighted by atomic mass is 35.5. The molecule has 17 heteroatoms. The number of carbonyl (C=O) groups is 3. The molecule has 1 fully saturated rings. The van der Waals surface area contributed by atoms with Crippen LogP contribution >= 0.6 is 23.4 Å². The zero-order valence-corrected chi connectivity index (χ0v) is 29.0. The smallest absolute Gasteiger partial charge is 0.484 e. The number of hydrogen-bond donors (Lipinski definition) is 4. The van der Waals surface area contributed by atoms with Crippen molar-refractivity contribution in [3.8, 4) is 5.75 Å². The fraction of sp³-hybridized carbons (Fsp3) is 0.323. The van der Waals surface area contributed by atoms with E-state index in [0.717, 1.165) is 23.4 Å². The SMILES string of the molecule is CC1CC(Oc2ccc(CC3Nc4cc(Cl)c(S(N)(=O)=O)cc4S(=O)(=O)N3)cc2)C[N@@+]1(C(=O)O)C(=O)[C@H](C)CSC(=O)c1ccccc1. The van der Waals surface area contributed by atoms with E-state index < -0.39 is 65.7 Å². The number of carboxylic acid groups (broad SMARTS) is 1. The summed E-state index contributed by atoms with van der Waals surface area (Å²) < 4.78 is 57.3. The molecule has 2 amide bonds. The number of amides is 2. The van der Waals surface area contributed by atoms with Crippen LogP contribution in [-0.4, -0.2) is 74.2 Å². The van der Waals surface area contributed by atoms with E-state index in [1.807, 2.05) is 0 Å². The molecule has 1 saturated heterocycles. The molecule has 5 rings (SSSR count). The monoisotopic (exact) mass is 737 g/mol. The van der Waals surface area contributed by atoms with Crippen molar-refractivity contribution in [3.05, 3.63) is 82.9 Å². The quantitative estimate of drug-likeness (QED) is 0.231. The summed E-state index contributed by atoms with van der Waals surface area (Å²) in [4.78, 5) is 38.0. The van der Waals surface area contributed by atoms with Crippen molar-refractivity contribution in [1.82, 2.24) is 4.72 Å². The molecule has 0 saturated carbocycles. The van der Waals surface area contributed by atoms with Gasteiger partial charge in [-0.05, 0) is 43.7 Å². The number of sulfonamides is 2. The van der Waals surface area contributed by atoms with E-state index in [9.17, 15) is 36.3 Å². The van der Waals surface area contributed by atoms with Gasteiger partial charge in [-0.2, -0.15) is 14.0 Å². The largest absolute Gasteiger partial charge is 0.521 e. The lowest BCUT2D eigenvalue weighted by Gasteiger charge is -2.31. The number of fused-ring (bicyclic) bond motifs is 1. The summed E-state index contributed by atoms with van der Waals surface area (Å²) in [5.74, 6) is -0.614. The Balaban J connectivity index is 1.22. The van der Waals surface area contributed by atoms with Gasteiger partial charge in [0.2, 0.25) is 25.2 Å². The van der Waals surface area contributed by atoms with Crippen LogP contribution in [0.5, 0.6) is 5.75 Å². The van der Waals surface area contributed by atoms with Crippen LogP contribution in [0, 0.1) is 5.92 Å². The Morgan fingerprint density at radius 1 is 1.12 bits per heavy atom. The Morgan fingerprint density at radius 2 is 1.79 bits per heavy atom. The van der Waals surface area contributed by atoms with Gasteiger partial charge in [0.15, 0.2) is 6.10 Å². The topological polar surface area (TPSA) is 199 Å². The van der Waals surface area contributed by atoms with Crippen LogP contribution in [0.3, 0.4) is 0 Å². The number of nitrogens with two attached hydrogens (primary N) is 1. The van der Waals surface area contributed by atoms with E-state index in [2.05, 4.69) is 10.0 Å². The molecule has 5 atom stereocenters. The second kappa shape index (κ2) is 13.8. The summed E-state index contributed by atoms with van der Waals surface area (Å²) in [5, 5.41) is 18.0. The first-order valence-electron chi connectivity index (χ1n) is 14.8. The zero-order valence-electron chi connectivity index (χ0n) is 25.8. The van der Waals surface area contributed by atoms with Gasteiger partial charge in [0.25, 0.3) is 0 Å². The van der Waals surface area contributed by atoms with Crippen molar-refractivity contribution in [3.63, 3.8) is 0 Å². The summed E-state index contributed by atoms with van der Waals surface area (Å²) >= 11 is 7.05. The molecule has 2 heterocycles. The zero-order chi connectivity index (χ0) is 35.0. The van der Waals surface area contributed by atoms with Crippen molar-refractivity contribution >= 4 is 66.2 Å². The number of nitrogens with zero attached hydrogens (tertiary/aromatic N) is 1. The summed E-state index contributed by atoms with van der Waals surface area (Å²) in [6.07, 6.45) is -2.13. The number of imide groups is 1. The second-order valence-corrected chi connectivity index (χ2v) is 16.5. The minimum Gasteiger partial charge on any atom is -0.484 e. The molecule has 0 spiro atoms. The van der Waals surface area contributed by atoms with E-state index in [0.29, 0.717) is 17.7 Å². The molecule has 0 radical (unpaired) electrons. The van der Waals surface area contributed by atoms with Crippen LogP contribution in [0.1, 0.15) is 36.2 Å². The number of thioether (sulfide) groups is 1. The first-order valence-corrected chi connectivity index (χ1v) is 19.2. The van der Waals surface area contributed by atoms with E-state index in [1.54, 1.807) is 68.4 Å². The highest BCUT2D eigenvalue weighted by Crippen LogP contribution is 2.35. The van der Waals surface area contributed by atoms with Gasteiger partial charge in [-0.25, -0.2) is 26.8 Å². The number of rotatable bonds is 9. The average molecular weight is 738 g/mol. The van der Waals surface area contributed by atoms with Gasteiger partial charge in [-0.1, -0.05) is 65.8 Å². The number of benzene rings is 3. The fourth-order valence-corrected chi connectivity index (χ4v) is 9.34. The second-order valence-electron chi connectivity index (χ2n) is 11.9. The number of nitrogens with one attached hydrogen (secondary N) is 2. The minimum absolute atomic E-state index is 0.0817. The first-order chi connectivity index (χ1) is 22.5. The van der Waals surface area contributed by atoms with E-state index in [-0.39, 0.29) is 39.4 Å². The molecule has 0 aliphatic carbocycles. The number of halogens is 1. The molecular weight excluding hydrogens is 704 g/mol. The molecule has 256 valence electrons. The third-order valence-electron chi connectivity index (χ3n) is 8.40. The Hall–Kier alpha value is -3.51. The lowest BCUT2D eigenvalue weighted by Crippen LogP contribution is -2.61. The van der Waals surface area contributed by atoms with Gasteiger partial charge in [-0.15, -0.1) is 0 Å². The fourth-order valence-electron chi connectivity index (χ4n) is 5.99. The predicted molar refractivity (Wildman–Crippen MR) is 180 cm³/mol. The number of ether oxygens (including phenoxy) is 1. The molecule has 3 aromatic carbocycles. The number of anilines is 1. The molecule has 13 nitrogen and oxygen atoms in total.